The topological polar surface area (TPSA) is 49.8 Å². The fraction of sp³-hybridized carbons (Fsp3) is 0. The first-order chi connectivity index (χ1) is 8.77. The molecule has 1 heterocycles. The molecular formula is C15H12O3. The fourth-order valence-corrected chi connectivity index (χ4v) is 1.39. The second-order valence-electron chi connectivity index (χ2n) is 3.64. The summed E-state index contributed by atoms with van der Waals surface area (Å²) in [5.41, 5.74) is 2.55. The Morgan fingerprint density at radius 2 is 1.22 bits per heavy atom. The first-order valence-electron chi connectivity index (χ1n) is 5.48. The summed E-state index contributed by atoms with van der Waals surface area (Å²) in [7, 11) is 0. The van der Waals surface area contributed by atoms with Crippen LogP contribution in [-0.4, -0.2) is 11.1 Å². The second kappa shape index (κ2) is 5.68. The molecule has 3 heteroatoms. The molecular weight excluding hydrogens is 228 g/mol. The van der Waals surface area contributed by atoms with Gasteiger partial charge >= 0.3 is 5.97 Å². The molecule has 0 saturated carbocycles. The molecule has 1 aliphatic heterocycles. The SMILES string of the molecule is O=C(O)C1=CO1.c1ccc(-c2ccccc2)cc1. The second-order valence-corrected chi connectivity index (χ2v) is 3.64. The Kier molecular flexibility index (Phi) is 3.76. The molecule has 0 aliphatic carbocycles. The van der Waals surface area contributed by atoms with Gasteiger partial charge in [0, 0.05) is 0 Å². The van der Waals surface area contributed by atoms with E-state index in [1.54, 1.807) is 0 Å². The number of ether oxygens (including phenoxy) is 1. The van der Waals surface area contributed by atoms with E-state index in [0.717, 1.165) is 0 Å². The normalized spacial score (nSPS) is 11.4. The van der Waals surface area contributed by atoms with Gasteiger partial charge in [-0.15, -0.1) is 0 Å². The van der Waals surface area contributed by atoms with E-state index in [1.165, 1.54) is 17.4 Å². The first kappa shape index (κ1) is 11.9. The summed E-state index contributed by atoms with van der Waals surface area (Å²) in [6, 6.07) is 20.8. The summed E-state index contributed by atoms with van der Waals surface area (Å²) in [6.07, 6.45) is 1.18. The lowest BCUT2D eigenvalue weighted by Gasteiger charge is -1.98. The van der Waals surface area contributed by atoms with Crippen molar-refractivity contribution in [1.82, 2.24) is 0 Å². The van der Waals surface area contributed by atoms with Crippen molar-refractivity contribution in [3.05, 3.63) is 72.7 Å². The lowest BCUT2D eigenvalue weighted by Crippen LogP contribution is -1.88. The number of carboxylic acid groups (broad SMARTS) is 1. The smallest absolute Gasteiger partial charge is 0.375 e. The Labute approximate surface area is 105 Å². The van der Waals surface area contributed by atoms with E-state index in [1.807, 2.05) is 12.1 Å². The van der Waals surface area contributed by atoms with E-state index in [4.69, 9.17) is 5.11 Å². The predicted octanol–water partition coefficient (Wildman–Crippen LogP) is 3.30. The van der Waals surface area contributed by atoms with Gasteiger partial charge in [-0.25, -0.2) is 4.79 Å². The highest BCUT2D eigenvalue weighted by molar-refractivity contribution is 5.86. The molecule has 0 radical (unpaired) electrons. The number of rotatable bonds is 2. The van der Waals surface area contributed by atoms with Crippen LogP contribution in [0, 0.1) is 0 Å². The third-order valence-corrected chi connectivity index (χ3v) is 2.33. The van der Waals surface area contributed by atoms with Crippen LogP contribution in [0.4, 0.5) is 0 Å². The zero-order chi connectivity index (χ0) is 12.8. The summed E-state index contributed by atoms with van der Waals surface area (Å²) in [5.74, 6) is -0.940. The van der Waals surface area contributed by atoms with Gasteiger partial charge in [0.1, 0.15) is 6.26 Å². The molecule has 0 unspecified atom stereocenters. The third kappa shape index (κ3) is 3.49. The van der Waals surface area contributed by atoms with Crippen LogP contribution in [-0.2, 0) is 9.53 Å². The first-order valence-corrected chi connectivity index (χ1v) is 5.48. The highest BCUT2D eigenvalue weighted by atomic mass is 16.6. The molecule has 90 valence electrons. The van der Waals surface area contributed by atoms with Crippen LogP contribution in [0.15, 0.2) is 72.7 Å². The average molecular weight is 240 g/mol. The fourth-order valence-electron chi connectivity index (χ4n) is 1.39. The van der Waals surface area contributed by atoms with Gasteiger partial charge < -0.3 is 9.84 Å². The largest absolute Gasteiger partial charge is 0.475 e. The standard InChI is InChI=1S/C12H10.C3H2O3/c1-3-7-11(8-4-1)12-9-5-2-6-10-12;4-3(5)2-1-6-2/h1-10H;1H,(H,4,5). The van der Waals surface area contributed by atoms with E-state index in [0.29, 0.717) is 0 Å². The zero-order valence-electron chi connectivity index (χ0n) is 9.61. The predicted molar refractivity (Wildman–Crippen MR) is 68.7 cm³/mol. The van der Waals surface area contributed by atoms with Crippen molar-refractivity contribution in [2.45, 2.75) is 0 Å². The van der Waals surface area contributed by atoms with Gasteiger partial charge in [-0.3, -0.25) is 0 Å². The van der Waals surface area contributed by atoms with E-state index >= 15 is 0 Å². The number of hydrogen-bond donors (Lipinski definition) is 1. The van der Waals surface area contributed by atoms with Gasteiger partial charge in [-0.2, -0.15) is 0 Å². The molecule has 2 aromatic rings. The third-order valence-electron chi connectivity index (χ3n) is 2.33. The van der Waals surface area contributed by atoms with Gasteiger partial charge in [-0.1, -0.05) is 60.7 Å². The molecule has 0 saturated heterocycles. The summed E-state index contributed by atoms with van der Waals surface area (Å²) in [4.78, 5) is 9.57. The molecule has 0 bridgehead atoms. The molecule has 0 fully saturated rings. The molecule has 0 amide bonds. The number of hydrogen-bond acceptors (Lipinski definition) is 2. The molecule has 18 heavy (non-hydrogen) atoms. The molecule has 1 N–H and O–H groups in total. The van der Waals surface area contributed by atoms with Crippen LogP contribution in [0.25, 0.3) is 11.1 Å². The monoisotopic (exact) mass is 240 g/mol. The quantitative estimate of drug-likeness (QED) is 0.876. The van der Waals surface area contributed by atoms with E-state index < -0.39 is 5.97 Å². The lowest BCUT2D eigenvalue weighted by molar-refractivity contribution is -0.133. The molecule has 2 aromatic carbocycles. The summed E-state index contributed by atoms with van der Waals surface area (Å²) in [5, 5.41) is 7.86. The molecule has 1 aliphatic rings. The highest BCUT2D eigenvalue weighted by Crippen LogP contribution is 2.17. The van der Waals surface area contributed by atoms with Crippen LogP contribution in [0.5, 0.6) is 0 Å². The Hall–Kier alpha value is -2.55. The molecule has 0 aromatic heterocycles. The van der Waals surface area contributed by atoms with Crippen LogP contribution in [0.3, 0.4) is 0 Å². The molecule has 0 atom stereocenters. The zero-order valence-corrected chi connectivity index (χ0v) is 9.61. The Bertz CT molecular complexity index is 507. The Morgan fingerprint density at radius 3 is 1.44 bits per heavy atom. The van der Waals surface area contributed by atoms with Gasteiger partial charge in [0.25, 0.3) is 0 Å². The number of benzene rings is 2. The minimum absolute atomic E-state index is 0.0509. The van der Waals surface area contributed by atoms with Crippen molar-refractivity contribution < 1.29 is 14.6 Å². The van der Waals surface area contributed by atoms with Crippen molar-refractivity contribution in [1.29, 1.82) is 0 Å². The number of aliphatic carboxylic acids is 1. The van der Waals surface area contributed by atoms with Crippen molar-refractivity contribution >= 4 is 5.97 Å². The summed E-state index contributed by atoms with van der Waals surface area (Å²) < 4.78 is 4.16. The maximum absolute atomic E-state index is 9.57. The molecule has 0 spiro atoms. The number of carbonyl (C=O) groups is 1. The molecule has 3 nitrogen and oxygen atoms in total. The molecule has 3 rings (SSSR count). The highest BCUT2D eigenvalue weighted by Gasteiger charge is 2.17. The number of carboxylic acids is 1. The maximum Gasteiger partial charge on any atom is 0.375 e. The minimum atomic E-state index is -0.991. The van der Waals surface area contributed by atoms with Crippen LogP contribution >= 0.6 is 0 Å². The van der Waals surface area contributed by atoms with Crippen molar-refractivity contribution in [2.24, 2.45) is 0 Å². The average Bonchev–Trinajstić information content (AvgIpc) is 3.26. The maximum atomic E-state index is 9.57. The Morgan fingerprint density at radius 1 is 0.833 bits per heavy atom. The van der Waals surface area contributed by atoms with Gasteiger partial charge in [-0.05, 0) is 11.1 Å². The van der Waals surface area contributed by atoms with E-state index in [-0.39, 0.29) is 5.76 Å². The van der Waals surface area contributed by atoms with Crippen LogP contribution < -0.4 is 0 Å². The van der Waals surface area contributed by atoms with Crippen molar-refractivity contribution in [2.75, 3.05) is 0 Å². The van der Waals surface area contributed by atoms with Crippen LogP contribution in [0.1, 0.15) is 0 Å². The lowest BCUT2D eigenvalue weighted by atomic mass is 10.1. The van der Waals surface area contributed by atoms with E-state index in [2.05, 4.69) is 53.3 Å². The minimum Gasteiger partial charge on any atom is -0.475 e. The van der Waals surface area contributed by atoms with Gasteiger partial charge in [0.05, 0.1) is 0 Å². The summed E-state index contributed by atoms with van der Waals surface area (Å²) >= 11 is 0. The summed E-state index contributed by atoms with van der Waals surface area (Å²) in [6.45, 7) is 0. The van der Waals surface area contributed by atoms with Gasteiger partial charge in [0.15, 0.2) is 0 Å². The van der Waals surface area contributed by atoms with E-state index in [9.17, 15) is 4.79 Å². The Balaban J connectivity index is 0.000000169. The van der Waals surface area contributed by atoms with Crippen molar-refractivity contribution in [3.63, 3.8) is 0 Å². The van der Waals surface area contributed by atoms with Crippen LogP contribution in [0.2, 0.25) is 0 Å². The van der Waals surface area contributed by atoms with Gasteiger partial charge in [0.2, 0.25) is 5.76 Å². The van der Waals surface area contributed by atoms with Crippen molar-refractivity contribution in [3.8, 4) is 11.1 Å².